The lowest BCUT2D eigenvalue weighted by molar-refractivity contribution is 0.669. The highest BCUT2D eigenvalue weighted by atomic mass is 32.1. The van der Waals surface area contributed by atoms with Crippen LogP contribution in [0.25, 0.3) is 106 Å². The van der Waals surface area contributed by atoms with Gasteiger partial charge in [0, 0.05) is 89.9 Å². The van der Waals surface area contributed by atoms with Crippen LogP contribution in [0.4, 0.5) is 17.1 Å². The average Bonchev–Trinajstić information content (AvgIpc) is 4.03. The molecule has 0 saturated carbocycles. The van der Waals surface area contributed by atoms with E-state index in [1.54, 1.807) is 0 Å². The molecule has 9 aromatic carbocycles. The summed E-state index contributed by atoms with van der Waals surface area (Å²) in [4.78, 5) is 2.60. The van der Waals surface area contributed by atoms with E-state index in [9.17, 15) is 0 Å². The second-order valence-corrected chi connectivity index (χ2v) is 18.1. The number of hydrogen-bond acceptors (Lipinski definition) is 4. The number of aromatic nitrogens is 1. The third kappa shape index (κ3) is 3.63. The van der Waals surface area contributed by atoms with Crippen molar-refractivity contribution in [3.05, 3.63) is 164 Å². The number of thiophene rings is 2. The molecule has 0 radical (unpaired) electrons. The fourth-order valence-electron chi connectivity index (χ4n) is 10.8. The maximum absolute atomic E-state index is 6.89. The molecule has 4 aromatic heterocycles. The first kappa shape index (κ1) is 30.3. The number of rotatable bonds is 1. The van der Waals surface area contributed by atoms with Gasteiger partial charge in [0.05, 0.1) is 11.1 Å². The van der Waals surface area contributed by atoms with Gasteiger partial charge in [0.25, 0.3) is 0 Å². The van der Waals surface area contributed by atoms with Crippen LogP contribution >= 0.6 is 22.7 Å². The van der Waals surface area contributed by atoms with Crippen molar-refractivity contribution in [2.24, 2.45) is 0 Å². The molecule has 0 atom stereocenters. The van der Waals surface area contributed by atoms with Crippen LogP contribution in [0.2, 0.25) is 0 Å². The third-order valence-electron chi connectivity index (χ3n) is 13.1. The number of fused-ring (bicyclic) bond motifs is 19. The van der Waals surface area contributed by atoms with Crippen molar-refractivity contribution in [1.29, 1.82) is 0 Å². The molecule has 266 valence electrons. The Morgan fingerprint density at radius 3 is 2.00 bits per heavy atom. The molecule has 0 amide bonds. The lowest BCUT2D eigenvalue weighted by atomic mass is 9.45. The van der Waals surface area contributed by atoms with Crippen molar-refractivity contribution < 1.29 is 4.42 Å². The highest BCUT2D eigenvalue weighted by Crippen LogP contribution is 2.52. The van der Waals surface area contributed by atoms with Gasteiger partial charge in [-0.05, 0) is 76.5 Å². The van der Waals surface area contributed by atoms with Gasteiger partial charge in [0.1, 0.15) is 11.2 Å². The zero-order valence-electron chi connectivity index (χ0n) is 30.8. The van der Waals surface area contributed by atoms with E-state index in [1.807, 2.05) is 22.7 Å². The molecule has 0 N–H and O–H groups in total. The number of nitrogens with zero attached hydrogens (tertiary/aromatic N) is 2. The molecule has 13 aromatic rings. The smallest absolute Gasteiger partial charge is 0.333 e. The van der Waals surface area contributed by atoms with Crippen LogP contribution in [0.1, 0.15) is 0 Å². The minimum atomic E-state index is -0.0876. The van der Waals surface area contributed by atoms with E-state index in [-0.39, 0.29) is 6.85 Å². The molecule has 3 nitrogen and oxygen atoms in total. The normalized spacial score (nSPS) is 13.4. The minimum absolute atomic E-state index is 0.0876. The molecule has 0 unspecified atom stereocenters. The summed E-state index contributed by atoms with van der Waals surface area (Å²) in [5.41, 5.74) is 13.1. The first-order valence-electron chi connectivity index (χ1n) is 19.9. The minimum Gasteiger partial charge on any atom is -0.456 e. The first-order chi connectivity index (χ1) is 28.8. The Kier molecular flexibility index (Phi) is 5.51. The molecule has 0 bridgehead atoms. The van der Waals surface area contributed by atoms with Gasteiger partial charge in [-0.15, -0.1) is 22.7 Å². The van der Waals surface area contributed by atoms with Gasteiger partial charge in [0.2, 0.25) is 0 Å². The molecule has 6 heterocycles. The van der Waals surface area contributed by atoms with E-state index in [1.165, 1.54) is 106 Å². The van der Waals surface area contributed by atoms with Crippen LogP contribution in [0, 0.1) is 0 Å². The van der Waals surface area contributed by atoms with Gasteiger partial charge in [-0.1, -0.05) is 109 Å². The second kappa shape index (κ2) is 10.5. The SMILES string of the molecule is c1ccc2c(c1)ccc1c3cccc4c3n(c21)B1c2cc3sc5ccccc5c3cc2N(c2ccc3sc5ccccc5c3c2)c2c1c-4cc1oc3ccccc3c21. The molecule has 0 spiro atoms. The van der Waals surface area contributed by atoms with E-state index in [2.05, 4.69) is 173 Å². The van der Waals surface area contributed by atoms with Gasteiger partial charge in [-0.3, -0.25) is 0 Å². The lowest BCUT2D eigenvalue weighted by Crippen LogP contribution is -2.56. The van der Waals surface area contributed by atoms with Crippen molar-refractivity contribution in [2.75, 3.05) is 4.90 Å². The summed E-state index contributed by atoms with van der Waals surface area (Å²) >= 11 is 3.77. The maximum Gasteiger partial charge on any atom is 0.333 e. The Bertz CT molecular complexity index is 4020. The highest BCUT2D eigenvalue weighted by molar-refractivity contribution is 7.26. The van der Waals surface area contributed by atoms with E-state index in [0.717, 1.165) is 27.6 Å². The molecule has 6 heteroatoms. The Labute approximate surface area is 339 Å². The van der Waals surface area contributed by atoms with Crippen molar-refractivity contribution in [3.63, 3.8) is 0 Å². The van der Waals surface area contributed by atoms with E-state index in [0.29, 0.717) is 0 Å². The summed E-state index contributed by atoms with van der Waals surface area (Å²) in [7, 11) is 0. The fourth-order valence-corrected chi connectivity index (χ4v) is 13.0. The standard InChI is InChI=1S/C52H27BN2OS2/c1-2-11-30-28(10-1)20-22-35-33-15-9-16-34-39-26-43-48(36-14-3-6-17-42(36)56-43)52-49(39)53(55(50(30)35)51(33)34)40-27-47-38(32-13-5-8-19-45(32)58-47)25-41(40)54(52)29-21-23-46-37(24-29)31-12-4-7-18-44(31)57-46/h1-27H. The molecular weight excluding hydrogens is 744 g/mol. The summed E-state index contributed by atoms with van der Waals surface area (Å²) in [6, 6.07) is 61.3. The molecule has 0 aliphatic carbocycles. The van der Waals surface area contributed by atoms with Crippen LogP contribution in [0.15, 0.2) is 168 Å². The van der Waals surface area contributed by atoms with Crippen LogP contribution in [0.5, 0.6) is 0 Å². The first-order valence-corrected chi connectivity index (χ1v) is 21.5. The average molecular weight is 771 g/mol. The maximum atomic E-state index is 6.89. The quantitative estimate of drug-likeness (QED) is 0.155. The monoisotopic (exact) mass is 770 g/mol. The lowest BCUT2D eigenvalue weighted by Gasteiger charge is -2.41. The van der Waals surface area contributed by atoms with Crippen molar-refractivity contribution in [1.82, 2.24) is 4.48 Å². The number of furan rings is 1. The van der Waals surface area contributed by atoms with Gasteiger partial charge in [-0.25, -0.2) is 0 Å². The molecule has 15 rings (SSSR count). The van der Waals surface area contributed by atoms with E-state index in [4.69, 9.17) is 4.42 Å². The Morgan fingerprint density at radius 1 is 0.448 bits per heavy atom. The molecule has 0 saturated heterocycles. The summed E-state index contributed by atoms with van der Waals surface area (Å²) < 4.78 is 14.9. The highest BCUT2D eigenvalue weighted by Gasteiger charge is 2.45. The van der Waals surface area contributed by atoms with Crippen LogP contribution in [-0.2, 0) is 0 Å². The van der Waals surface area contributed by atoms with Gasteiger partial charge < -0.3 is 13.8 Å². The van der Waals surface area contributed by atoms with Crippen molar-refractivity contribution >= 4 is 152 Å². The summed E-state index contributed by atoms with van der Waals surface area (Å²) in [5, 5.41) is 12.6. The Morgan fingerprint density at radius 2 is 1.14 bits per heavy atom. The number of benzene rings is 9. The van der Waals surface area contributed by atoms with Gasteiger partial charge in [-0.2, -0.15) is 0 Å². The molecule has 2 aliphatic heterocycles. The number of hydrogen-bond donors (Lipinski definition) is 0. The number of anilines is 3. The summed E-state index contributed by atoms with van der Waals surface area (Å²) in [5.74, 6) is 0. The van der Waals surface area contributed by atoms with Crippen LogP contribution < -0.4 is 15.8 Å². The second-order valence-electron chi connectivity index (χ2n) is 15.9. The fraction of sp³-hybridized carbons (Fsp3) is 0. The largest absolute Gasteiger partial charge is 0.456 e. The Hall–Kier alpha value is -6.86. The van der Waals surface area contributed by atoms with E-state index < -0.39 is 0 Å². The number of para-hydroxylation sites is 2. The third-order valence-corrected chi connectivity index (χ3v) is 15.4. The van der Waals surface area contributed by atoms with Crippen LogP contribution in [0.3, 0.4) is 0 Å². The Balaban J connectivity index is 1.19. The molecule has 58 heavy (non-hydrogen) atoms. The predicted octanol–water partition coefficient (Wildman–Crippen LogP) is 14.0. The van der Waals surface area contributed by atoms with E-state index >= 15 is 0 Å². The van der Waals surface area contributed by atoms with Gasteiger partial charge in [0.15, 0.2) is 0 Å². The molecule has 0 fully saturated rings. The van der Waals surface area contributed by atoms with Crippen molar-refractivity contribution in [2.45, 2.75) is 0 Å². The molecule has 2 aliphatic rings. The summed E-state index contributed by atoms with van der Waals surface area (Å²) in [6.07, 6.45) is 0. The van der Waals surface area contributed by atoms with Crippen LogP contribution in [-0.4, -0.2) is 11.3 Å². The molecular formula is C52H27BN2OS2. The summed E-state index contributed by atoms with van der Waals surface area (Å²) in [6.45, 7) is -0.0876. The predicted molar refractivity (Wildman–Crippen MR) is 251 cm³/mol. The van der Waals surface area contributed by atoms with Crippen molar-refractivity contribution in [3.8, 4) is 11.1 Å². The zero-order chi connectivity index (χ0) is 37.4. The van der Waals surface area contributed by atoms with Gasteiger partial charge >= 0.3 is 6.85 Å². The zero-order valence-corrected chi connectivity index (χ0v) is 32.4. The topological polar surface area (TPSA) is 21.3 Å².